The zero-order chi connectivity index (χ0) is 19.9. The van der Waals surface area contributed by atoms with Crippen LogP contribution in [-0.4, -0.2) is 18.4 Å². The smallest absolute Gasteiger partial charge is 0.388 e. The quantitative estimate of drug-likeness (QED) is 0.320. The normalized spacial score (nSPS) is 13.7. The van der Waals surface area contributed by atoms with Gasteiger partial charge in [-0.25, -0.2) is 5.84 Å². The third kappa shape index (κ3) is 5.82. The van der Waals surface area contributed by atoms with Gasteiger partial charge in [0.05, 0.1) is 11.3 Å². The number of carbonyl (C=O) groups is 1. The topological polar surface area (TPSA) is 80.0 Å². The molecular weight excluding hydrogens is 357 g/mol. The Hall–Kier alpha value is -2.87. The van der Waals surface area contributed by atoms with E-state index in [-0.39, 0.29) is 0 Å². The lowest BCUT2D eigenvalue weighted by atomic mass is 10.0. The van der Waals surface area contributed by atoms with Gasteiger partial charge in [0.1, 0.15) is 0 Å². The molecule has 0 saturated heterocycles. The van der Waals surface area contributed by atoms with E-state index in [1.54, 1.807) is 11.5 Å². The molecule has 0 unspecified atom stereocenters. The summed E-state index contributed by atoms with van der Waals surface area (Å²) in [6.07, 6.45) is 3.05. The predicted octanol–water partition coefficient (Wildman–Crippen LogP) is 3.80. The van der Waals surface area contributed by atoms with Crippen molar-refractivity contribution in [3.05, 3.63) is 58.9 Å². The highest BCUT2D eigenvalue weighted by molar-refractivity contribution is 5.78. The maximum Gasteiger partial charge on any atom is 0.416 e. The van der Waals surface area contributed by atoms with Crippen LogP contribution in [0.4, 0.5) is 18.9 Å². The molecule has 1 heterocycles. The van der Waals surface area contributed by atoms with Crippen molar-refractivity contribution in [1.82, 2.24) is 10.4 Å². The molecule has 1 amide bonds. The average molecular weight is 378 g/mol. The van der Waals surface area contributed by atoms with E-state index in [1.165, 1.54) is 11.8 Å². The van der Waals surface area contributed by atoms with E-state index in [9.17, 15) is 13.2 Å². The van der Waals surface area contributed by atoms with E-state index >= 15 is 0 Å². The van der Waals surface area contributed by atoms with Crippen molar-refractivity contribution in [2.45, 2.75) is 24.9 Å². The van der Waals surface area contributed by atoms with Crippen LogP contribution in [0.5, 0.6) is 0 Å². The molecule has 0 spiro atoms. The fraction of sp³-hybridized carbons (Fsp3) is 0.263. The molecule has 0 aliphatic heterocycles. The molecule has 3 rings (SSSR count). The van der Waals surface area contributed by atoms with Crippen LogP contribution >= 0.6 is 0 Å². The molecule has 1 aromatic heterocycles. The largest absolute Gasteiger partial charge is 0.416 e. The SMILES string of the molecule is CNc1cccc(C2CC2)c1/C=C/c1cc(C(F)(F)F)ccn1.NNC=O. The van der Waals surface area contributed by atoms with Gasteiger partial charge < -0.3 is 5.32 Å². The Balaban J connectivity index is 0.000000596. The van der Waals surface area contributed by atoms with E-state index in [0.29, 0.717) is 18.0 Å². The summed E-state index contributed by atoms with van der Waals surface area (Å²) in [4.78, 5) is 12.9. The standard InChI is InChI=1S/C18H17F3N2.CH4N2O/c1-22-17-4-2-3-15(12-5-6-12)16(17)8-7-14-11-13(9-10-23-14)18(19,20)21;2-3-1-4/h2-4,7-12,22H,5-6H2,1H3;1H,2H2,(H,3,4)/b8-7+;. The summed E-state index contributed by atoms with van der Waals surface area (Å²) in [5, 5.41) is 3.14. The molecule has 1 fully saturated rings. The van der Waals surface area contributed by atoms with Gasteiger partial charge in [0.15, 0.2) is 0 Å². The van der Waals surface area contributed by atoms with Crippen molar-refractivity contribution in [2.75, 3.05) is 12.4 Å². The average Bonchev–Trinajstić information content (AvgIpc) is 3.51. The molecule has 4 N–H and O–H groups in total. The van der Waals surface area contributed by atoms with Gasteiger partial charge in [-0.05, 0) is 48.6 Å². The molecule has 1 aromatic carbocycles. The van der Waals surface area contributed by atoms with E-state index in [2.05, 4.69) is 22.2 Å². The van der Waals surface area contributed by atoms with Gasteiger partial charge >= 0.3 is 6.18 Å². The molecule has 27 heavy (non-hydrogen) atoms. The number of aromatic nitrogens is 1. The zero-order valence-electron chi connectivity index (χ0n) is 14.8. The number of nitrogens with two attached hydrogens (primary N) is 1. The molecule has 0 bridgehead atoms. The molecule has 144 valence electrons. The van der Waals surface area contributed by atoms with Crippen molar-refractivity contribution in [3.8, 4) is 0 Å². The van der Waals surface area contributed by atoms with Gasteiger partial charge in [0.2, 0.25) is 6.41 Å². The van der Waals surface area contributed by atoms with Crippen molar-refractivity contribution in [2.24, 2.45) is 5.84 Å². The Morgan fingerprint density at radius 3 is 2.48 bits per heavy atom. The number of halogens is 3. The van der Waals surface area contributed by atoms with E-state index in [1.807, 2.05) is 25.3 Å². The van der Waals surface area contributed by atoms with Gasteiger partial charge in [-0.1, -0.05) is 18.2 Å². The number of nitrogens with one attached hydrogen (secondary N) is 2. The highest BCUT2D eigenvalue weighted by Crippen LogP contribution is 2.43. The first kappa shape index (κ1) is 20.4. The number of hydrogen-bond acceptors (Lipinski definition) is 4. The molecule has 0 radical (unpaired) electrons. The third-order valence-electron chi connectivity index (χ3n) is 4.02. The molecular formula is C19H21F3N4O. The Kier molecular flexibility index (Phi) is 6.95. The lowest BCUT2D eigenvalue weighted by Gasteiger charge is -2.11. The summed E-state index contributed by atoms with van der Waals surface area (Å²) in [5.74, 6) is 4.96. The van der Waals surface area contributed by atoms with Crippen LogP contribution in [0, 0.1) is 0 Å². The second kappa shape index (κ2) is 9.18. The zero-order valence-corrected chi connectivity index (χ0v) is 14.8. The van der Waals surface area contributed by atoms with Crippen LogP contribution in [0.3, 0.4) is 0 Å². The Bertz CT molecular complexity index is 802. The number of amides is 1. The number of hydrazine groups is 1. The van der Waals surface area contributed by atoms with E-state index in [0.717, 1.165) is 36.2 Å². The maximum atomic E-state index is 12.8. The fourth-order valence-corrected chi connectivity index (χ4v) is 2.62. The minimum atomic E-state index is -4.35. The van der Waals surface area contributed by atoms with E-state index in [4.69, 9.17) is 4.79 Å². The molecule has 1 saturated carbocycles. The number of pyridine rings is 1. The molecule has 1 aliphatic rings. The van der Waals surface area contributed by atoms with Gasteiger partial charge in [0, 0.05) is 24.5 Å². The summed E-state index contributed by atoms with van der Waals surface area (Å²) < 4.78 is 38.3. The van der Waals surface area contributed by atoms with Crippen molar-refractivity contribution >= 4 is 24.2 Å². The number of hydrogen-bond donors (Lipinski definition) is 3. The van der Waals surface area contributed by atoms with Crippen LogP contribution in [0.15, 0.2) is 36.5 Å². The fourth-order valence-electron chi connectivity index (χ4n) is 2.62. The second-order valence-electron chi connectivity index (χ2n) is 5.92. The Labute approximate surface area is 155 Å². The summed E-state index contributed by atoms with van der Waals surface area (Å²) >= 11 is 0. The van der Waals surface area contributed by atoms with Crippen LogP contribution in [0.25, 0.3) is 12.2 Å². The monoisotopic (exact) mass is 378 g/mol. The van der Waals surface area contributed by atoms with Crippen LogP contribution in [-0.2, 0) is 11.0 Å². The van der Waals surface area contributed by atoms with Crippen LogP contribution < -0.4 is 16.6 Å². The molecule has 0 atom stereocenters. The number of carbonyl (C=O) groups excluding carboxylic acids is 1. The first-order chi connectivity index (χ1) is 12.9. The van der Waals surface area contributed by atoms with Crippen molar-refractivity contribution < 1.29 is 18.0 Å². The number of alkyl halides is 3. The van der Waals surface area contributed by atoms with Gasteiger partial charge in [0.25, 0.3) is 0 Å². The van der Waals surface area contributed by atoms with Crippen LogP contribution in [0.2, 0.25) is 0 Å². The molecule has 2 aromatic rings. The number of rotatable bonds is 5. The number of nitrogens with zero attached hydrogens (tertiary/aromatic N) is 1. The number of anilines is 1. The van der Waals surface area contributed by atoms with Crippen molar-refractivity contribution in [3.63, 3.8) is 0 Å². The maximum absolute atomic E-state index is 12.8. The van der Waals surface area contributed by atoms with Crippen molar-refractivity contribution in [1.29, 1.82) is 0 Å². The lowest BCUT2D eigenvalue weighted by molar-refractivity contribution is -0.137. The Morgan fingerprint density at radius 2 is 1.93 bits per heavy atom. The molecule has 8 heteroatoms. The van der Waals surface area contributed by atoms with Gasteiger partial charge in [-0.15, -0.1) is 0 Å². The first-order valence-corrected chi connectivity index (χ1v) is 8.32. The summed E-state index contributed by atoms with van der Waals surface area (Å²) in [7, 11) is 1.84. The highest BCUT2D eigenvalue weighted by atomic mass is 19.4. The number of benzene rings is 1. The van der Waals surface area contributed by atoms with E-state index < -0.39 is 11.7 Å². The first-order valence-electron chi connectivity index (χ1n) is 8.32. The molecule has 1 aliphatic carbocycles. The van der Waals surface area contributed by atoms with Crippen LogP contribution in [0.1, 0.15) is 41.1 Å². The minimum absolute atomic E-state index is 0.299. The second-order valence-corrected chi connectivity index (χ2v) is 5.92. The lowest BCUT2D eigenvalue weighted by Crippen LogP contribution is -2.18. The third-order valence-corrected chi connectivity index (χ3v) is 4.02. The minimum Gasteiger partial charge on any atom is -0.388 e. The molecule has 5 nitrogen and oxygen atoms in total. The predicted molar refractivity (Wildman–Crippen MR) is 99.5 cm³/mol. The van der Waals surface area contributed by atoms with Gasteiger partial charge in [-0.3, -0.25) is 15.2 Å². The Morgan fingerprint density at radius 1 is 1.22 bits per heavy atom. The summed E-state index contributed by atoms with van der Waals surface area (Å²) in [6.45, 7) is 0. The summed E-state index contributed by atoms with van der Waals surface area (Å²) in [5.41, 5.74) is 4.60. The summed E-state index contributed by atoms with van der Waals surface area (Å²) in [6, 6.07) is 8.09. The highest BCUT2D eigenvalue weighted by Gasteiger charge is 2.30. The van der Waals surface area contributed by atoms with Gasteiger partial charge in [-0.2, -0.15) is 13.2 Å².